The molecule has 0 aliphatic heterocycles. The topological polar surface area (TPSA) is 91.3 Å². The van der Waals surface area contributed by atoms with Crippen LogP contribution in [0.15, 0.2) is 24.4 Å². The molecule has 2 amide bonds. The largest absolute Gasteiger partial charge is 0.481 e. The number of carboxylic acid groups (broad SMARTS) is 1. The molecule has 0 bridgehead atoms. The molecule has 1 unspecified atom stereocenters. The van der Waals surface area contributed by atoms with Gasteiger partial charge in [-0.1, -0.05) is 6.07 Å². The number of amides is 2. The van der Waals surface area contributed by atoms with Crippen molar-refractivity contribution in [1.82, 2.24) is 15.6 Å². The van der Waals surface area contributed by atoms with Crippen LogP contribution in [0.25, 0.3) is 0 Å². The molecule has 6 nitrogen and oxygen atoms in total. The molecule has 114 valence electrons. The Morgan fingerprint density at radius 2 is 2.00 bits per heavy atom. The number of carbonyl (C=O) groups excluding carboxylic acids is 1. The summed E-state index contributed by atoms with van der Waals surface area (Å²) in [6, 6.07) is 5.23. The van der Waals surface area contributed by atoms with Gasteiger partial charge < -0.3 is 15.7 Å². The van der Waals surface area contributed by atoms with E-state index in [0.29, 0.717) is 25.7 Å². The lowest BCUT2D eigenvalue weighted by Crippen LogP contribution is -2.44. The van der Waals surface area contributed by atoms with E-state index in [2.05, 4.69) is 15.6 Å². The second kappa shape index (κ2) is 7.06. The molecule has 1 fully saturated rings. The highest BCUT2D eigenvalue weighted by atomic mass is 16.4. The van der Waals surface area contributed by atoms with Crippen molar-refractivity contribution in [2.24, 2.45) is 5.92 Å². The Balaban J connectivity index is 1.76. The number of hydrogen-bond donors (Lipinski definition) is 3. The number of hydrogen-bond acceptors (Lipinski definition) is 3. The Morgan fingerprint density at radius 1 is 1.29 bits per heavy atom. The summed E-state index contributed by atoms with van der Waals surface area (Å²) in [6.45, 7) is 1.88. The van der Waals surface area contributed by atoms with Crippen molar-refractivity contribution in [3.63, 3.8) is 0 Å². The Hall–Kier alpha value is -2.11. The third-order valence-corrected chi connectivity index (χ3v) is 3.89. The van der Waals surface area contributed by atoms with Crippen LogP contribution in [0.2, 0.25) is 0 Å². The van der Waals surface area contributed by atoms with Crippen LogP contribution in [0, 0.1) is 5.92 Å². The zero-order valence-corrected chi connectivity index (χ0v) is 12.1. The highest BCUT2D eigenvalue weighted by molar-refractivity contribution is 5.75. The fourth-order valence-electron chi connectivity index (χ4n) is 2.61. The lowest BCUT2D eigenvalue weighted by molar-refractivity contribution is -0.142. The van der Waals surface area contributed by atoms with E-state index in [1.807, 2.05) is 25.1 Å². The Morgan fingerprint density at radius 3 is 2.57 bits per heavy atom. The van der Waals surface area contributed by atoms with E-state index >= 15 is 0 Å². The fraction of sp³-hybridized carbons (Fsp3) is 0.533. The van der Waals surface area contributed by atoms with Crippen LogP contribution < -0.4 is 10.6 Å². The van der Waals surface area contributed by atoms with Gasteiger partial charge in [-0.3, -0.25) is 9.78 Å². The summed E-state index contributed by atoms with van der Waals surface area (Å²) in [6.07, 6.45) is 4.36. The third kappa shape index (κ3) is 4.44. The van der Waals surface area contributed by atoms with E-state index < -0.39 is 5.97 Å². The van der Waals surface area contributed by atoms with Crippen molar-refractivity contribution in [3.8, 4) is 0 Å². The van der Waals surface area contributed by atoms with Crippen molar-refractivity contribution >= 4 is 12.0 Å². The van der Waals surface area contributed by atoms with E-state index in [0.717, 1.165) is 5.69 Å². The lowest BCUT2D eigenvalue weighted by atomic mass is 9.86. The first kappa shape index (κ1) is 15.3. The van der Waals surface area contributed by atoms with Crippen LogP contribution in [0.4, 0.5) is 4.79 Å². The number of carboxylic acids is 1. The Kier molecular flexibility index (Phi) is 5.14. The molecular formula is C15H21N3O3. The van der Waals surface area contributed by atoms with Crippen molar-refractivity contribution < 1.29 is 14.7 Å². The van der Waals surface area contributed by atoms with Gasteiger partial charge in [-0.25, -0.2) is 4.79 Å². The fourth-order valence-corrected chi connectivity index (χ4v) is 2.61. The molecule has 1 aliphatic carbocycles. The Bertz CT molecular complexity index is 484. The standard InChI is InChI=1S/C15H21N3O3/c1-10(13-4-2-3-9-16-13)17-15(21)18-12-7-5-11(6-8-12)14(19)20/h2-4,9-12H,5-8H2,1H3,(H,19,20)(H2,17,18,21). The molecule has 0 radical (unpaired) electrons. The predicted molar refractivity (Wildman–Crippen MR) is 77.7 cm³/mol. The number of nitrogens with one attached hydrogen (secondary N) is 2. The molecule has 0 spiro atoms. The Labute approximate surface area is 124 Å². The zero-order chi connectivity index (χ0) is 15.2. The first-order chi connectivity index (χ1) is 10.1. The number of rotatable bonds is 4. The zero-order valence-electron chi connectivity index (χ0n) is 12.1. The van der Waals surface area contributed by atoms with Gasteiger partial charge in [0.15, 0.2) is 0 Å². The number of nitrogens with zero attached hydrogens (tertiary/aromatic N) is 1. The molecule has 1 aliphatic rings. The van der Waals surface area contributed by atoms with Gasteiger partial charge in [-0.2, -0.15) is 0 Å². The van der Waals surface area contributed by atoms with Crippen LogP contribution >= 0.6 is 0 Å². The number of pyridine rings is 1. The molecular weight excluding hydrogens is 270 g/mol. The monoisotopic (exact) mass is 291 g/mol. The van der Waals surface area contributed by atoms with Crippen molar-refractivity contribution in [2.45, 2.75) is 44.7 Å². The first-order valence-electron chi connectivity index (χ1n) is 7.27. The summed E-state index contributed by atoms with van der Waals surface area (Å²) < 4.78 is 0. The van der Waals surface area contributed by atoms with E-state index in [4.69, 9.17) is 5.11 Å². The van der Waals surface area contributed by atoms with Gasteiger partial charge in [-0.05, 0) is 44.7 Å². The third-order valence-electron chi connectivity index (χ3n) is 3.89. The molecule has 2 rings (SSSR count). The smallest absolute Gasteiger partial charge is 0.315 e. The minimum absolute atomic E-state index is 0.0523. The van der Waals surface area contributed by atoms with Gasteiger partial charge in [0.05, 0.1) is 17.7 Å². The second-order valence-electron chi connectivity index (χ2n) is 5.48. The van der Waals surface area contributed by atoms with Crippen molar-refractivity contribution in [1.29, 1.82) is 0 Å². The summed E-state index contributed by atoms with van der Waals surface area (Å²) in [5.74, 6) is -1.000. The number of carbonyl (C=O) groups is 2. The number of urea groups is 1. The van der Waals surface area contributed by atoms with Crippen LogP contribution in [0.1, 0.15) is 44.3 Å². The molecule has 1 heterocycles. The maximum Gasteiger partial charge on any atom is 0.315 e. The minimum atomic E-state index is -0.735. The average molecular weight is 291 g/mol. The van der Waals surface area contributed by atoms with E-state index in [1.165, 1.54) is 0 Å². The molecule has 21 heavy (non-hydrogen) atoms. The molecule has 1 saturated carbocycles. The number of aliphatic carboxylic acids is 1. The lowest BCUT2D eigenvalue weighted by Gasteiger charge is -2.27. The highest BCUT2D eigenvalue weighted by Crippen LogP contribution is 2.24. The van der Waals surface area contributed by atoms with Gasteiger partial charge in [-0.15, -0.1) is 0 Å². The molecule has 6 heteroatoms. The normalized spacial score (nSPS) is 23.1. The summed E-state index contributed by atoms with van der Waals surface area (Å²) in [4.78, 5) is 27.0. The van der Waals surface area contributed by atoms with Gasteiger partial charge in [0.25, 0.3) is 0 Å². The van der Waals surface area contributed by atoms with Gasteiger partial charge in [0, 0.05) is 12.2 Å². The quantitative estimate of drug-likeness (QED) is 0.792. The summed E-state index contributed by atoms with van der Waals surface area (Å²) in [5.41, 5.74) is 0.808. The second-order valence-corrected chi connectivity index (χ2v) is 5.48. The van der Waals surface area contributed by atoms with Crippen LogP contribution in [-0.4, -0.2) is 28.1 Å². The maximum absolute atomic E-state index is 11.9. The summed E-state index contributed by atoms with van der Waals surface area (Å²) in [7, 11) is 0. The molecule has 0 saturated heterocycles. The molecule has 1 atom stereocenters. The van der Waals surface area contributed by atoms with Crippen LogP contribution in [0.5, 0.6) is 0 Å². The van der Waals surface area contributed by atoms with Gasteiger partial charge in [0.1, 0.15) is 0 Å². The predicted octanol–water partition coefficient (Wildman–Crippen LogP) is 2.09. The summed E-state index contributed by atoms with van der Waals surface area (Å²) >= 11 is 0. The van der Waals surface area contributed by atoms with Gasteiger partial charge in [0.2, 0.25) is 0 Å². The van der Waals surface area contributed by atoms with E-state index in [-0.39, 0.29) is 24.0 Å². The highest BCUT2D eigenvalue weighted by Gasteiger charge is 2.26. The molecule has 0 aromatic carbocycles. The minimum Gasteiger partial charge on any atom is -0.481 e. The first-order valence-corrected chi connectivity index (χ1v) is 7.27. The molecule has 3 N–H and O–H groups in total. The number of aromatic nitrogens is 1. The maximum atomic E-state index is 11.9. The molecule has 1 aromatic rings. The van der Waals surface area contributed by atoms with E-state index in [9.17, 15) is 9.59 Å². The SMILES string of the molecule is CC(NC(=O)NC1CCC(C(=O)O)CC1)c1ccccn1. The molecule has 1 aromatic heterocycles. The summed E-state index contributed by atoms with van der Waals surface area (Å²) in [5, 5.41) is 14.7. The van der Waals surface area contributed by atoms with Crippen LogP contribution in [-0.2, 0) is 4.79 Å². The average Bonchev–Trinajstić information content (AvgIpc) is 2.48. The van der Waals surface area contributed by atoms with Crippen molar-refractivity contribution in [3.05, 3.63) is 30.1 Å². The van der Waals surface area contributed by atoms with Crippen LogP contribution in [0.3, 0.4) is 0 Å². The van der Waals surface area contributed by atoms with Gasteiger partial charge >= 0.3 is 12.0 Å². The van der Waals surface area contributed by atoms with Crippen molar-refractivity contribution in [2.75, 3.05) is 0 Å². The van der Waals surface area contributed by atoms with E-state index in [1.54, 1.807) is 6.20 Å².